The van der Waals surface area contributed by atoms with Crippen molar-refractivity contribution in [2.75, 3.05) is 12.3 Å². The molecule has 1 amide bonds. The summed E-state index contributed by atoms with van der Waals surface area (Å²) >= 11 is 1.44. The third-order valence-electron chi connectivity index (χ3n) is 2.64. The van der Waals surface area contributed by atoms with Crippen molar-refractivity contribution >= 4 is 17.7 Å². The Morgan fingerprint density at radius 1 is 1.35 bits per heavy atom. The van der Waals surface area contributed by atoms with Crippen LogP contribution in [0.1, 0.15) is 19.0 Å². The Labute approximate surface area is 122 Å². The summed E-state index contributed by atoms with van der Waals surface area (Å²) in [4.78, 5) is 20.2. The molecule has 5 nitrogen and oxygen atoms in total. The molecule has 2 aromatic heterocycles. The molecule has 0 fully saturated rings. The number of hydrogen-bond acceptors (Lipinski definition) is 4. The third-order valence-corrected chi connectivity index (χ3v) is 3.64. The van der Waals surface area contributed by atoms with Crippen LogP contribution in [0.25, 0.3) is 0 Å². The lowest BCUT2D eigenvalue weighted by Gasteiger charge is -2.07. The van der Waals surface area contributed by atoms with Gasteiger partial charge < -0.3 is 9.88 Å². The fraction of sp³-hybridized carbons (Fsp3) is 0.357. The summed E-state index contributed by atoms with van der Waals surface area (Å²) in [6.45, 7) is 3.43. The molecule has 6 heteroatoms. The van der Waals surface area contributed by atoms with E-state index in [-0.39, 0.29) is 5.91 Å². The van der Waals surface area contributed by atoms with Crippen molar-refractivity contribution in [2.24, 2.45) is 0 Å². The van der Waals surface area contributed by atoms with Gasteiger partial charge in [0.15, 0.2) is 5.16 Å². The van der Waals surface area contributed by atoms with Crippen molar-refractivity contribution in [3.05, 3.63) is 42.5 Å². The molecule has 0 aliphatic rings. The number of pyridine rings is 1. The van der Waals surface area contributed by atoms with Gasteiger partial charge in [0.2, 0.25) is 5.91 Å². The highest BCUT2D eigenvalue weighted by molar-refractivity contribution is 7.99. The van der Waals surface area contributed by atoms with E-state index in [0.717, 1.165) is 23.8 Å². The average Bonchev–Trinajstić information content (AvgIpc) is 2.91. The van der Waals surface area contributed by atoms with E-state index in [9.17, 15) is 4.79 Å². The number of hydrogen-bond donors (Lipinski definition) is 1. The van der Waals surface area contributed by atoms with Crippen LogP contribution in [0.5, 0.6) is 0 Å². The van der Waals surface area contributed by atoms with Crippen LogP contribution in [0.3, 0.4) is 0 Å². The molecule has 0 radical (unpaired) electrons. The lowest BCUT2D eigenvalue weighted by Crippen LogP contribution is -2.25. The van der Waals surface area contributed by atoms with Crippen molar-refractivity contribution in [3.63, 3.8) is 0 Å². The largest absolute Gasteiger partial charge is 0.355 e. The Hall–Kier alpha value is -1.82. The van der Waals surface area contributed by atoms with Gasteiger partial charge in [-0.3, -0.25) is 9.78 Å². The zero-order valence-electron chi connectivity index (χ0n) is 11.5. The van der Waals surface area contributed by atoms with Gasteiger partial charge in [-0.05, 0) is 18.6 Å². The Morgan fingerprint density at radius 2 is 2.25 bits per heavy atom. The Bertz CT molecular complexity index is 541. The average molecular weight is 290 g/mol. The van der Waals surface area contributed by atoms with Crippen LogP contribution in [0.15, 0.2) is 41.9 Å². The maximum atomic E-state index is 11.6. The summed E-state index contributed by atoms with van der Waals surface area (Å²) < 4.78 is 2.00. The highest BCUT2D eigenvalue weighted by atomic mass is 32.2. The van der Waals surface area contributed by atoms with Gasteiger partial charge in [0.05, 0.1) is 18.0 Å². The molecule has 0 spiro atoms. The Kier molecular flexibility index (Phi) is 5.61. The summed E-state index contributed by atoms with van der Waals surface area (Å²) in [5.41, 5.74) is 0.975. The summed E-state index contributed by atoms with van der Waals surface area (Å²) in [6.07, 6.45) is 6.37. The van der Waals surface area contributed by atoms with Crippen molar-refractivity contribution in [2.45, 2.75) is 25.0 Å². The molecule has 0 saturated heterocycles. The minimum atomic E-state index is 0.0456. The molecule has 0 aromatic carbocycles. The normalized spacial score (nSPS) is 10.4. The highest BCUT2D eigenvalue weighted by Crippen LogP contribution is 2.16. The number of nitrogens with one attached hydrogen (secondary N) is 1. The molecule has 0 bridgehead atoms. The molecule has 0 aliphatic carbocycles. The van der Waals surface area contributed by atoms with Gasteiger partial charge in [-0.25, -0.2) is 4.98 Å². The molecule has 0 atom stereocenters. The van der Waals surface area contributed by atoms with E-state index in [1.807, 2.05) is 35.9 Å². The summed E-state index contributed by atoms with van der Waals surface area (Å²) in [6, 6.07) is 5.83. The first-order valence-electron chi connectivity index (χ1n) is 6.60. The number of carbonyl (C=O) groups is 1. The Balaban J connectivity index is 1.90. The van der Waals surface area contributed by atoms with Crippen molar-refractivity contribution < 1.29 is 4.79 Å². The SMILES string of the molecule is CCCNC(=O)CSc1nccn1Cc1ccccn1. The number of nitrogens with zero attached hydrogens (tertiary/aromatic N) is 3. The van der Waals surface area contributed by atoms with Gasteiger partial charge in [0, 0.05) is 25.1 Å². The van der Waals surface area contributed by atoms with Crippen LogP contribution in [-0.2, 0) is 11.3 Å². The summed E-state index contributed by atoms with van der Waals surface area (Å²) in [5, 5.41) is 3.69. The molecule has 20 heavy (non-hydrogen) atoms. The number of amides is 1. The van der Waals surface area contributed by atoms with Gasteiger partial charge in [-0.2, -0.15) is 0 Å². The maximum absolute atomic E-state index is 11.6. The lowest BCUT2D eigenvalue weighted by molar-refractivity contribution is -0.118. The number of rotatable bonds is 7. The minimum absolute atomic E-state index is 0.0456. The van der Waals surface area contributed by atoms with E-state index < -0.39 is 0 Å². The van der Waals surface area contributed by atoms with Crippen molar-refractivity contribution in [3.8, 4) is 0 Å². The molecule has 2 rings (SSSR count). The van der Waals surface area contributed by atoms with Crippen LogP contribution in [0.2, 0.25) is 0 Å². The second-order valence-electron chi connectivity index (χ2n) is 4.30. The fourth-order valence-corrected chi connectivity index (χ4v) is 2.46. The quantitative estimate of drug-likeness (QED) is 0.792. The van der Waals surface area contributed by atoms with Gasteiger partial charge in [0.25, 0.3) is 0 Å². The maximum Gasteiger partial charge on any atom is 0.230 e. The molecule has 2 heterocycles. The summed E-state index contributed by atoms with van der Waals surface area (Å²) in [5.74, 6) is 0.434. The zero-order chi connectivity index (χ0) is 14.2. The predicted molar refractivity (Wildman–Crippen MR) is 79.6 cm³/mol. The predicted octanol–water partition coefficient (Wildman–Crippen LogP) is 1.94. The van der Waals surface area contributed by atoms with Crippen molar-refractivity contribution in [1.82, 2.24) is 19.9 Å². The van der Waals surface area contributed by atoms with Gasteiger partial charge in [0.1, 0.15) is 0 Å². The molecular weight excluding hydrogens is 272 g/mol. The first-order valence-corrected chi connectivity index (χ1v) is 7.58. The molecule has 1 N–H and O–H groups in total. The van der Waals surface area contributed by atoms with Gasteiger partial charge in [-0.1, -0.05) is 24.8 Å². The molecule has 0 aliphatic heterocycles. The smallest absolute Gasteiger partial charge is 0.230 e. The molecule has 106 valence electrons. The van der Waals surface area contributed by atoms with E-state index in [1.165, 1.54) is 11.8 Å². The molecule has 2 aromatic rings. The highest BCUT2D eigenvalue weighted by Gasteiger charge is 2.08. The molecule has 0 saturated carbocycles. The third kappa shape index (κ3) is 4.38. The van der Waals surface area contributed by atoms with Crippen molar-refractivity contribution in [1.29, 1.82) is 0 Å². The zero-order valence-corrected chi connectivity index (χ0v) is 12.3. The lowest BCUT2D eigenvalue weighted by atomic mass is 10.3. The second kappa shape index (κ2) is 7.69. The molecule has 0 unspecified atom stereocenters. The van der Waals surface area contributed by atoms with E-state index in [0.29, 0.717) is 12.3 Å². The first-order chi connectivity index (χ1) is 9.79. The van der Waals surface area contributed by atoms with Crippen LogP contribution < -0.4 is 5.32 Å². The number of imidazole rings is 1. The monoisotopic (exact) mass is 290 g/mol. The summed E-state index contributed by atoms with van der Waals surface area (Å²) in [7, 11) is 0. The van der Waals surface area contributed by atoms with Gasteiger partial charge in [-0.15, -0.1) is 0 Å². The fourth-order valence-electron chi connectivity index (χ4n) is 1.67. The number of aromatic nitrogens is 3. The number of thioether (sulfide) groups is 1. The van der Waals surface area contributed by atoms with Gasteiger partial charge >= 0.3 is 0 Å². The van der Waals surface area contributed by atoms with Crippen LogP contribution >= 0.6 is 11.8 Å². The second-order valence-corrected chi connectivity index (χ2v) is 5.24. The van der Waals surface area contributed by atoms with Crippen LogP contribution in [0, 0.1) is 0 Å². The Morgan fingerprint density at radius 3 is 3.00 bits per heavy atom. The molecular formula is C14H18N4OS. The van der Waals surface area contributed by atoms with E-state index in [1.54, 1.807) is 12.4 Å². The van der Waals surface area contributed by atoms with E-state index in [2.05, 4.69) is 15.3 Å². The van der Waals surface area contributed by atoms with E-state index >= 15 is 0 Å². The minimum Gasteiger partial charge on any atom is -0.355 e. The first kappa shape index (κ1) is 14.6. The topological polar surface area (TPSA) is 59.8 Å². The van der Waals surface area contributed by atoms with Crippen LogP contribution in [0.4, 0.5) is 0 Å². The standard InChI is InChI=1S/C14H18N4OS/c1-2-6-16-13(19)11-20-14-17-8-9-18(14)10-12-5-3-4-7-15-12/h3-5,7-9H,2,6,10-11H2,1H3,(H,16,19). The van der Waals surface area contributed by atoms with E-state index in [4.69, 9.17) is 0 Å². The number of carbonyl (C=O) groups excluding carboxylic acids is 1. The van der Waals surface area contributed by atoms with Crippen LogP contribution in [-0.4, -0.2) is 32.7 Å².